The minimum Gasteiger partial charge on any atom is -0.392 e. The highest BCUT2D eigenvalue weighted by atomic mass is 35.5. The van der Waals surface area contributed by atoms with Crippen molar-refractivity contribution in [2.75, 3.05) is 5.32 Å². The smallest absolute Gasteiger partial charge is 0.274 e. The van der Waals surface area contributed by atoms with E-state index < -0.39 is 0 Å². The van der Waals surface area contributed by atoms with Gasteiger partial charge in [-0.25, -0.2) is 4.98 Å². The van der Waals surface area contributed by atoms with Gasteiger partial charge in [-0.05, 0) is 29.8 Å². The average Bonchev–Trinajstić information content (AvgIpc) is 2.39. The first-order valence-corrected chi connectivity index (χ1v) is 5.70. The summed E-state index contributed by atoms with van der Waals surface area (Å²) in [7, 11) is 0. The molecular weight excluding hydrogens is 252 g/mol. The summed E-state index contributed by atoms with van der Waals surface area (Å²) in [6, 6.07) is 11.8. The fourth-order valence-corrected chi connectivity index (χ4v) is 1.59. The number of aliphatic hydroxyl groups is 1. The maximum absolute atomic E-state index is 11.8. The Labute approximate surface area is 109 Å². The fourth-order valence-electron chi connectivity index (χ4n) is 1.42. The van der Waals surface area contributed by atoms with Crippen molar-refractivity contribution in [3.05, 3.63) is 58.9 Å². The quantitative estimate of drug-likeness (QED) is 0.836. The zero-order valence-corrected chi connectivity index (χ0v) is 10.2. The van der Waals surface area contributed by atoms with E-state index in [9.17, 15) is 4.79 Å². The Bertz CT molecular complexity index is 555. The second-order valence-corrected chi connectivity index (χ2v) is 4.04. The second-order valence-electron chi connectivity index (χ2n) is 3.65. The fraction of sp³-hybridized carbons (Fsp3) is 0.0769. The molecule has 18 heavy (non-hydrogen) atoms. The lowest BCUT2D eigenvalue weighted by atomic mass is 10.2. The standard InChI is InChI=1S/C13H11ClN2O2/c14-12-3-1-2-11(16-12)13(18)15-10-6-4-9(8-17)5-7-10/h1-7,17H,8H2,(H,15,18). The number of hydrogen-bond acceptors (Lipinski definition) is 3. The number of carbonyl (C=O) groups excluding carboxylic acids is 1. The third-order valence-electron chi connectivity index (χ3n) is 2.34. The number of nitrogens with zero attached hydrogens (tertiary/aromatic N) is 1. The van der Waals surface area contributed by atoms with E-state index in [0.717, 1.165) is 5.56 Å². The summed E-state index contributed by atoms with van der Waals surface area (Å²) in [6.45, 7) is -0.0237. The molecular formula is C13H11ClN2O2. The number of aliphatic hydroxyl groups excluding tert-OH is 1. The molecule has 92 valence electrons. The van der Waals surface area contributed by atoms with Gasteiger partial charge in [-0.1, -0.05) is 29.8 Å². The molecule has 0 saturated carbocycles. The minimum absolute atomic E-state index is 0.0237. The van der Waals surface area contributed by atoms with E-state index in [-0.39, 0.29) is 23.4 Å². The summed E-state index contributed by atoms with van der Waals surface area (Å²) in [5, 5.41) is 11.9. The average molecular weight is 263 g/mol. The summed E-state index contributed by atoms with van der Waals surface area (Å²) < 4.78 is 0. The van der Waals surface area contributed by atoms with Crippen molar-refractivity contribution in [1.29, 1.82) is 0 Å². The number of hydrogen-bond donors (Lipinski definition) is 2. The molecule has 0 radical (unpaired) electrons. The number of pyridine rings is 1. The van der Waals surface area contributed by atoms with Crippen LogP contribution in [-0.2, 0) is 6.61 Å². The lowest BCUT2D eigenvalue weighted by Gasteiger charge is -2.05. The first-order chi connectivity index (χ1) is 8.69. The predicted octanol–water partition coefficient (Wildman–Crippen LogP) is 2.48. The van der Waals surface area contributed by atoms with Gasteiger partial charge in [-0.2, -0.15) is 0 Å². The summed E-state index contributed by atoms with van der Waals surface area (Å²) >= 11 is 5.71. The van der Waals surface area contributed by atoms with E-state index >= 15 is 0 Å². The van der Waals surface area contributed by atoms with Crippen LogP contribution in [0.1, 0.15) is 16.1 Å². The third kappa shape index (κ3) is 3.06. The molecule has 4 nitrogen and oxygen atoms in total. The highest BCUT2D eigenvalue weighted by Gasteiger charge is 2.07. The van der Waals surface area contributed by atoms with Crippen LogP contribution in [0.4, 0.5) is 5.69 Å². The van der Waals surface area contributed by atoms with E-state index in [2.05, 4.69) is 10.3 Å². The van der Waals surface area contributed by atoms with Gasteiger partial charge in [0.05, 0.1) is 6.61 Å². The molecule has 2 aromatic rings. The number of nitrogens with one attached hydrogen (secondary N) is 1. The highest BCUT2D eigenvalue weighted by Crippen LogP contribution is 2.12. The van der Waals surface area contributed by atoms with Crippen LogP contribution in [0.25, 0.3) is 0 Å². The molecule has 1 amide bonds. The molecule has 1 heterocycles. The van der Waals surface area contributed by atoms with E-state index in [0.29, 0.717) is 5.69 Å². The Balaban J connectivity index is 2.11. The van der Waals surface area contributed by atoms with Crippen molar-refractivity contribution in [3.8, 4) is 0 Å². The Kier molecular flexibility index (Phi) is 3.92. The largest absolute Gasteiger partial charge is 0.392 e. The van der Waals surface area contributed by atoms with Gasteiger partial charge in [-0.3, -0.25) is 4.79 Å². The Morgan fingerprint density at radius 3 is 2.56 bits per heavy atom. The molecule has 0 fully saturated rings. The first kappa shape index (κ1) is 12.5. The van der Waals surface area contributed by atoms with Crippen LogP contribution in [0.15, 0.2) is 42.5 Å². The molecule has 0 unspecified atom stereocenters. The van der Waals surface area contributed by atoms with Crippen LogP contribution in [0.2, 0.25) is 5.15 Å². The maximum atomic E-state index is 11.8. The first-order valence-electron chi connectivity index (χ1n) is 5.33. The monoisotopic (exact) mass is 262 g/mol. The summed E-state index contributed by atoms with van der Waals surface area (Å²) in [5.74, 6) is -0.325. The van der Waals surface area contributed by atoms with E-state index in [1.807, 2.05) is 0 Å². The lowest BCUT2D eigenvalue weighted by Crippen LogP contribution is -2.13. The number of rotatable bonds is 3. The Morgan fingerprint density at radius 1 is 1.22 bits per heavy atom. The third-order valence-corrected chi connectivity index (χ3v) is 2.55. The van der Waals surface area contributed by atoms with Crippen LogP contribution in [0.5, 0.6) is 0 Å². The molecule has 0 atom stereocenters. The number of halogens is 1. The Morgan fingerprint density at radius 2 is 1.94 bits per heavy atom. The van der Waals surface area contributed by atoms with Crippen LogP contribution in [0, 0.1) is 0 Å². The highest BCUT2D eigenvalue weighted by molar-refractivity contribution is 6.29. The van der Waals surface area contributed by atoms with Crippen LogP contribution in [-0.4, -0.2) is 16.0 Å². The van der Waals surface area contributed by atoms with Crippen molar-refractivity contribution >= 4 is 23.2 Å². The Hall–Kier alpha value is -1.91. The van der Waals surface area contributed by atoms with Crippen molar-refractivity contribution in [2.24, 2.45) is 0 Å². The molecule has 5 heteroatoms. The van der Waals surface area contributed by atoms with Gasteiger partial charge >= 0.3 is 0 Å². The summed E-state index contributed by atoms with van der Waals surface area (Å²) in [5.41, 5.74) is 1.68. The van der Waals surface area contributed by atoms with Gasteiger partial charge in [0, 0.05) is 5.69 Å². The van der Waals surface area contributed by atoms with Gasteiger partial charge in [0.2, 0.25) is 0 Å². The number of benzene rings is 1. The van der Waals surface area contributed by atoms with Gasteiger partial charge in [-0.15, -0.1) is 0 Å². The number of anilines is 1. The number of carbonyl (C=O) groups is 1. The van der Waals surface area contributed by atoms with Crippen LogP contribution >= 0.6 is 11.6 Å². The molecule has 1 aromatic carbocycles. The van der Waals surface area contributed by atoms with Gasteiger partial charge in [0.1, 0.15) is 10.8 Å². The zero-order valence-electron chi connectivity index (χ0n) is 9.43. The number of aromatic nitrogens is 1. The van der Waals surface area contributed by atoms with E-state index in [4.69, 9.17) is 16.7 Å². The topological polar surface area (TPSA) is 62.2 Å². The van der Waals surface area contributed by atoms with Crippen LogP contribution < -0.4 is 5.32 Å². The second kappa shape index (κ2) is 5.62. The molecule has 0 spiro atoms. The molecule has 0 saturated heterocycles. The number of amides is 1. The molecule has 2 rings (SSSR count). The van der Waals surface area contributed by atoms with Crippen molar-refractivity contribution in [1.82, 2.24) is 4.98 Å². The summed E-state index contributed by atoms with van der Waals surface area (Å²) in [4.78, 5) is 15.8. The SMILES string of the molecule is O=C(Nc1ccc(CO)cc1)c1cccc(Cl)n1. The molecule has 1 aromatic heterocycles. The van der Waals surface area contributed by atoms with Gasteiger partial charge in [0.25, 0.3) is 5.91 Å². The lowest BCUT2D eigenvalue weighted by molar-refractivity contribution is 0.102. The van der Waals surface area contributed by atoms with Crippen LogP contribution in [0.3, 0.4) is 0 Å². The van der Waals surface area contributed by atoms with Gasteiger partial charge < -0.3 is 10.4 Å². The minimum atomic E-state index is -0.325. The molecule has 2 N–H and O–H groups in total. The maximum Gasteiger partial charge on any atom is 0.274 e. The van der Waals surface area contributed by atoms with E-state index in [1.54, 1.807) is 42.5 Å². The molecule has 0 bridgehead atoms. The predicted molar refractivity (Wildman–Crippen MR) is 69.6 cm³/mol. The zero-order chi connectivity index (χ0) is 13.0. The van der Waals surface area contributed by atoms with Gasteiger partial charge in [0.15, 0.2) is 0 Å². The molecule has 0 aliphatic carbocycles. The van der Waals surface area contributed by atoms with Crippen molar-refractivity contribution in [2.45, 2.75) is 6.61 Å². The van der Waals surface area contributed by atoms with Crippen molar-refractivity contribution < 1.29 is 9.90 Å². The normalized spacial score (nSPS) is 10.1. The summed E-state index contributed by atoms with van der Waals surface area (Å²) in [6.07, 6.45) is 0. The molecule has 0 aliphatic heterocycles. The van der Waals surface area contributed by atoms with E-state index in [1.165, 1.54) is 0 Å². The van der Waals surface area contributed by atoms with Crippen molar-refractivity contribution in [3.63, 3.8) is 0 Å². The molecule has 0 aliphatic rings.